The second kappa shape index (κ2) is 7.63. The lowest BCUT2D eigenvalue weighted by molar-refractivity contribution is 0.262. The number of aromatic nitrogens is 2. The van der Waals surface area contributed by atoms with E-state index >= 15 is 0 Å². The van der Waals surface area contributed by atoms with Crippen LogP contribution >= 0.6 is 11.6 Å². The molecule has 0 radical (unpaired) electrons. The van der Waals surface area contributed by atoms with Crippen LogP contribution < -0.4 is 15.4 Å². The molecule has 9 heteroatoms. The summed E-state index contributed by atoms with van der Waals surface area (Å²) in [6.07, 6.45) is 1.50. The number of nitrogens with one attached hydrogen (secondary N) is 2. The van der Waals surface area contributed by atoms with Crippen LogP contribution in [-0.2, 0) is 7.05 Å². The van der Waals surface area contributed by atoms with Crippen LogP contribution in [0.25, 0.3) is 11.3 Å². The molecular weight excluding hydrogens is 378 g/mol. The first-order valence-electron chi connectivity index (χ1n) is 7.78. The molecule has 2 amide bonds. The molecular formula is C18H15ClF2N4O2. The SMILES string of the molecule is COc1ccc(NC(=O)Nc2ccc(F)cc2F)cc1-c1c(Cl)cnn1C. The van der Waals surface area contributed by atoms with Gasteiger partial charge in [-0.1, -0.05) is 11.6 Å². The summed E-state index contributed by atoms with van der Waals surface area (Å²) in [4.78, 5) is 12.1. The van der Waals surface area contributed by atoms with Gasteiger partial charge in [0.05, 0.1) is 29.7 Å². The Labute approximate surface area is 158 Å². The molecule has 0 atom stereocenters. The zero-order chi connectivity index (χ0) is 19.6. The van der Waals surface area contributed by atoms with E-state index in [0.717, 1.165) is 12.1 Å². The fraction of sp³-hybridized carbons (Fsp3) is 0.111. The van der Waals surface area contributed by atoms with Gasteiger partial charge in [-0.05, 0) is 30.3 Å². The first kappa shape index (κ1) is 18.7. The van der Waals surface area contributed by atoms with Crippen LogP contribution in [-0.4, -0.2) is 22.9 Å². The van der Waals surface area contributed by atoms with Gasteiger partial charge in [0.2, 0.25) is 0 Å². The lowest BCUT2D eigenvalue weighted by Crippen LogP contribution is -2.20. The highest BCUT2D eigenvalue weighted by molar-refractivity contribution is 6.33. The van der Waals surface area contributed by atoms with E-state index in [1.165, 1.54) is 13.3 Å². The Hall–Kier alpha value is -3.13. The zero-order valence-corrected chi connectivity index (χ0v) is 15.1. The number of aryl methyl sites for hydroxylation is 1. The molecule has 0 bridgehead atoms. The summed E-state index contributed by atoms with van der Waals surface area (Å²) in [5.74, 6) is -1.07. The van der Waals surface area contributed by atoms with E-state index in [9.17, 15) is 13.6 Å². The third kappa shape index (κ3) is 4.01. The third-order valence-corrected chi connectivity index (χ3v) is 4.06. The minimum Gasteiger partial charge on any atom is -0.496 e. The quantitative estimate of drug-likeness (QED) is 0.678. The van der Waals surface area contributed by atoms with Gasteiger partial charge in [0, 0.05) is 24.4 Å². The summed E-state index contributed by atoms with van der Waals surface area (Å²) in [5, 5.41) is 9.42. The van der Waals surface area contributed by atoms with Crippen LogP contribution in [0, 0.1) is 11.6 Å². The molecule has 0 spiro atoms. The van der Waals surface area contributed by atoms with Gasteiger partial charge < -0.3 is 15.4 Å². The molecule has 0 fully saturated rings. The Kier molecular flexibility index (Phi) is 5.27. The van der Waals surface area contributed by atoms with Crippen molar-refractivity contribution in [1.29, 1.82) is 0 Å². The average molecular weight is 393 g/mol. The van der Waals surface area contributed by atoms with Crippen LogP contribution in [0.15, 0.2) is 42.6 Å². The summed E-state index contributed by atoms with van der Waals surface area (Å²) < 4.78 is 33.5. The van der Waals surface area contributed by atoms with Gasteiger partial charge in [0.15, 0.2) is 0 Å². The molecule has 0 unspecified atom stereocenters. The number of urea groups is 1. The van der Waals surface area contributed by atoms with E-state index in [4.69, 9.17) is 16.3 Å². The molecule has 3 aromatic rings. The molecule has 0 saturated heterocycles. The number of anilines is 2. The summed E-state index contributed by atoms with van der Waals surface area (Å²) in [6, 6.07) is 7.12. The van der Waals surface area contributed by atoms with E-state index in [0.29, 0.717) is 33.8 Å². The number of benzene rings is 2. The van der Waals surface area contributed by atoms with Gasteiger partial charge in [-0.25, -0.2) is 13.6 Å². The van der Waals surface area contributed by atoms with Crippen molar-refractivity contribution in [1.82, 2.24) is 9.78 Å². The summed E-state index contributed by atoms with van der Waals surface area (Å²) >= 11 is 6.19. The van der Waals surface area contributed by atoms with Crippen molar-refractivity contribution >= 4 is 29.0 Å². The highest BCUT2D eigenvalue weighted by Gasteiger charge is 2.16. The standard InChI is InChI=1S/C18H15ClF2N4O2/c1-25-17(13(19)9-22-25)12-8-11(4-6-16(12)27-2)23-18(26)24-15-5-3-10(20)7-14(15)21/h3-9H,1-2H3,(H2,23,24,26). The highest BCUT2D eigenvalue weighted by Crippen LogP contribution is 2.36. The third-order valence-electron chi connectivity index (χ3n) is 3.79. The number of hydrogen-bond acceptors (Lipinski definition) is 3. The molecule has 1 heterocycles. The maximum atomic E-state index is 13.7. The van der Waals surface area contributed by atoms with Crippen LogP contribution in [0.4, 0.5) is 25.0 Å². The summed E-state index contributed by atoms with van der Waals surface area (Å²) in [6.45, 7) is 0. The van der Waals surface area contributed by atoms with Crippen molar-refractivity contribution < 1.29 is 18.3 Å². The molecule has 6 nitrogen and oxygen atoms in total. The Morgan fingerprint density at radius 2 is 1.96 bits per heavy atom. The molecule has 0 saturated carbocycles. The summed E-state index contributed by atoms with van der Waals surface area (Å²) in [7, 11) is 3.24. The molecule has 1 aromatic heterocycles. The first-order chi connectivity index (χ1) is 12.9. The smallest absolute Gasteiger partial charge is 0.323 e. The normalized spacial score (nSPS) is 10.6. The number of methoxy groups -OCH3 is 1. The van der Waals surface area contributed by atoms with Crippen LogP contribution in [0.2, 0.25) is 5.02 Å². The van der Waals surface area contributed by atoms with Crippen molar-refractivity contribution in [2.75, 3.05) is 17.7 Å². The summed E-state index contributed by atoms with van der Waals surface area (Å²) in [5.41, 5.74) is 1.51. The second-order valence-electron chi connectivity index (χ2n) is 5.58. The number of carbonyl (C=O) groups excluding carboxylic acids is 1. The van der Waals surface area contributed by atoms with E-state index in [1.54, 1.807) is 29.9 Å². The van der Waals surface area contributed by atoms with Gasteiger partial charge in [0.25, 0.3) is 0 Å². The predicted molar refractivity (Wildman–Crippen MR) is 99.2 cm³/mol. The molecule has 0 aliphatic heterocycles. The molecule has 140 valence electrons. The molecule has 27 heavy (non-hydrogen) atoms. The Bertz CT molecular complexity index is 988. The van der Waals surface area contributed by atoms with Gasteiger partial charge >= 0.3 is 6.03 Å². The van der Waals surface area contributed by atoms with E-state index < -0.39 is 17.7 Å². The maximum Gasteiger partial charge on any atom is 0.323 e. The number of ether oxygens (including phenoxy) is 1. The molecule has 0 aliphatic carbocycles. The first-order valence-corrected chi connectivity index (χ1v) is 8.16. The minimum atomic E-state index is -0.873. The van der Waals surface area contributed by atoms with Crippen molar-refractivity contribution in [3.8, 4) is 17.0 Å². The van der Waals surface area contributed by atoms with E-state index in [1.807, 2.05) is 0 Å². The fourth-order valence-corrected chi connectivity index (χ4v) is 2.83. The number of amides is 2. The van der Waals surface area contributed by atoms with Gasteiger partial charge in [-0.15, -0.1) is 0 Å². The Balaban J connectivity index is 1.85. The van der Waals surface area contributed by atoms with Crippen LogP contribution in [0.5, 0.6) is 5.75 Å². The molecule has 3 rings (SSSR count). The van der Waals surface area contributed by atoms with Crippen molar-refractivity contribution in [2.45, 2.75) is 0 Å². The van der Waals surface area contributed by atoms with Gasteiger partial charge in [0.1, 0.15) is 17.4 Å². The monoisotopic (exact) mass is 392 g/mol. The largest absolute Gasteiger partial charge is 0.496 e. The number of carbonyl (C=O) groups is 1. The van der Waals surface area contributed by atoms with E-state index in [-0.39, 0.29) is 5.69 Å². The highest BCUT2D eigenvalue weighted by atomic mass is 35.5. The predicted octanol–water partition coefficient (Wildman–Crippen LogP) is 4.67. The second-order valence-corrected chi connectivity index (χ2v) is 5.99. The Morgan fingerprint density at radius 1 is 1.19 bits per heavy atom. The number of halogens is 3. The molecule has 2 aromatic carbocycles. The lowest BCUT2D eigenvalue weighted by atomic mass is 10.1. The van der Waals surface area contributed by atoms with Crippen LogP contribution in [0.3, 0.4) is 0 Å². The molecule has 2 N–H and O–H groups in total. The topological polar surface area (TPSA) is 68.2 Å². The fourth-order valence-electron chi connectivity index (χ4n) is 2.56. The number of nitrogens with zero attached hydrogens (tertiary/aromatic N) is 2. The van der Waals surface area contributed by atoms with Gasteiger partial charge in [-0.3, -0.25) is 4.68 Å². The van der Waals surface area contributed by atoms with Crippen molar-refractivity contribution in [3.63, 3.8) is 0 Å². The number of rotatable bonds is 4. The van der Waals surface area contributed by atoms with Crippen molar-refractivity contribution in [3.05, 3.63) is 59.3 Å². The Morgan fingerprint density at radius 3 is 2.59 bits per heavy atom. The van der Waals surface area contributed by atoms with Gasteiger partial charge in [-0.2, -0.15) is 5.10 Å². The van der Waals surface area contributed by atoms with Crippen molar-refractivity contribution in [2.24, 2.45) is 7.05 Å². The lowest BCUT2D eigenvalue weighted by Gasteiger charge is -2.13. The average Bonchev–Trinajstić information content (AvgIpc) is 2.96. The zero-order valence-electron chi connectivity index (χ0n) is 14.4. The van der Waals surface area contributed by atoms with E-state index in [2.05, 4.69) is 15.7 Å². The number of hydrogen-bond donors (Lipinski definition) is 2. The maximum absolute atomic E-state index is 13.7. The van der Waals surface area contributed by atoms with Crippen LogP contribution in [0.1, 0.15) is 0 Å². The minimum absolute atomic E-state index is 0.141. The molecule has 0 aliphatic rings.